The Labute approximate surface area is 163 Å². The highest BCUT2D eigenvalue weighted by molar-refractivity contribution is 5.99. The van der Waals surface area contributed by atoms with Gasteiger partial charge in [0.05, 0.1) is 11.7 Å². The Morgan fingerprint density at radius 1 is 1.25 bits per heavy atom. The number of H-pyrrole nitrogens is 1. The van der Waals surface area contributed by atoms with Gasteiger partial charge in [0, 0.05) is 31.1 Å². The smallest absolute Gasteiger partial charge is 0.255 e. The van der Waals surface area contributed by atoms with Crippen molar-refractivity contribution in [2.75, 3.05) is 25.0 Å². The molecule has 148 valence electrons. The summed E-state index contributed by atoms with van der Waals surface area (Å²) in [7, 11) is 0. The van der Waals surface area contributed by atoms with Crippen molar-refractivity contribution in [1.82, 2.24) is 9.88 Å². The van der Waals surface area contributed by atoms with Gasteiger partial charge in [-0.3, -0.25) is 14.4 Å². The summed E-state index contributed by atoms with van der Waals surface area (Å²) in [5, 5.41) is 2.89. The van der Waals surface area contributed by atoms with E-state index < -0.39 is 0 Å². The van der Waals surface area contributed by atoms with Crippen molar-refractivity contribution in [2.24, 2.45) is 0 Å². The maximum atomic E-state index is 12.9. The van der Waals surface area contributed by atoms with Crippen LogP contribution in [-0.2, 0) is 9.53 Å². The maximum Gasteiger partial charge on any atom is 0.255 e. The van der Waals surface area contributed by atoms with Crippen LogP contribution in [0.25, 0.3) is 0 Å². The van der Waals surface area contributed by atoms with E-state index in [4.69, 9.17) is 4.74 Å². The molecular formula is C21H25N3O4. The second-order valence-corrected chi connectivity index (χ2v) is 7.06. The van der Waals surface area contributed by atoms with Crippen molar-refractivity contribution in [3.63, 3.8) is 0 Å². The van der Waals surface area contributed by atoms with E-state index in [-0.39, 0.29) is 30.0 Å². The third kappa shape index (κ3) is 4.86. The van der Waals surface area contributed by atoms with Gasteiger partial charge < -0.3 is 19.9 Å². The average molecular weight is 383 g/mol. The number of anilines is 1. The van der Waals surface area contributed by atoms with Crippen LogP contribution in [0.5, 0.6) is 0 Å². The van der Waals surface area contributed by atoms with Crippen molar-refractivity contribution < 1.29 is 14.3 Å². The zero-order chi connectivity index (χ0) is 20.1. The van der Waals surface area contributed by atoms with E-state index in [1.54, 1.807) is 0 Å². The summed E-state index contributed by atoms with van der Waals surface area (Å²) >= 11 is 0. The molecule has 1 saturated heterocycles. The minimum Gasteiger partial charge on any atom is -0.376 e. The van der Waals surface area contributed by atoms with Crippen LogP contribution in [0, 0.1) is 13.8 Å². The van der Waals surface area contributed by atoms with Gasteiger partial charge in [-0.15, -0.1) is 0 Å². The van der Waals surface area contributed by atoms with Gasteiger partial charge in [0.1, 0.15) is 6.54 Å². The molecule has 0 spiro atoms. The molecule has 1 aliphatic heterocycles. The van der Waals surface area contributed by atoms with Crippen LogP contribution in [0.2, 0.25) is 0 Å². The van der Waals surface area contributed by atoms with Crippen LogP contribution < -0.4 is 10.9 Å². The normalized spacial score (nSPS) is 16.0. The van der Waals surface area contributed by atoms with E-state index in [9.17, 15) is 14.4 Å². The molecule has 1 aromatic heterocycles. The van der Waals surface area contributed by atoms with Crippen molar-refractivity contribution >= 4 is 17.5 Å². The lowest BCUT2D eigenvalue weighted by atomic mass is 10.1. The monoisotopic (exact) mass is 383 g/mol. The molecule has 0 unspecified atom stereocenters. The number of aromatic nitrogens is 1. The lowest BCUT2D eigenvalue weighted by molar-refractivity contribution is -0.117. The Balaban J connectivity index is 1.74. The number of pyridine rings is 1. The van der Waals surface area contributed by atoms with Gasteiger partial charge in [-0.2, -0.15) is 0 Å². The molecule has 7 nitrogen and oxygen atoms in total. The third-order valence-electron chi connectivity index (χ3n) is 4.98. The summed E-state index contributed by atoms with van der Waals surface area (Å²) in [5.74, 6) is -0.590. The molecule has 0 radical (unpaired) electrons. The van der Waals surface area contributed by atoms with Gasteiger partial charge in [0.25, 0.3) is 5.91 Å². The number of amides is 2. The largest absolute Gasteiger partial charge is 0.376 e. The van der Waals surface area contributed by atoms with Crippen LogP contribution in [0.1, 0.15) is 34.3 Å². The second kappa shape index (κ2) is 8.84. The molecule has 0 aliphatic carbocycles. The number of carbonyl (C=O) groups is 2. The van der Waals surface area contributed by atoms with Gasteiger partial charge in [-0.1, -0.05) is 12.1 Å². The molecule has 1 fully saturated rings. The van der Waals surface area contributed by atoms with E-state index in [1.807, 2.05) is 32.0 Å². The van der Waals surface area contributed by atoms with E-state index in [0.29, 0.717) is 18.7 Å². The first-order chi connectivity index (χ1) is 13.4. The number of aryl methyl sites for hydroxylation is 1. The van der Waals surface area contributed by atoms with E-state index in [2.05, 4.69) is 10.3 Å². The first-order valence-electron chi connectivity index (χ1n) is 9.39. The third-order valence-corrected chi connectivity index (χ3v) is 4.98. The molecule has 28 heavy (non-hydrogen) atoms. The Kier molecular flexibility index (Phi) is 6.26. The number of nitrogens with zero attached hydrogens (tertiary/aromatic N) is 1. The van der Waals surface area contributed by atoms with Crippen molar-refractivity contribution in [3.8, 4) is 0 Å². The quantitative estimate of drug-likeness (QED) is 0.800. The fourth-order valence-electron chi connectivity index (χ4n) is 3.23. The summed E-state index contributed by atoms with van der Waals surface area (Å²) in [4.78, 5) is 40.8. The summed E-state index contributed by atoms with van der Waals surface area (Å²) in [6.45, 7) is 4.83. The fourth-order valence-corrected chi connectivity index (χ4v) is 3.23. The van der Waals surface area contributed by atoms with Gasteiger partial charge >= 0.3 is 0 Å². The van der Waals surface area contributed by atoms with E-state index in [1.165, 1.54) is 23.2 Å². The van der Waals surface area contributed by atoms with Crippen LogP contribution in [-0.4, -0.2) is 47.5 Å². The SMILES string of the molecule is Cc1cccc(NC(=O)CN(C[C@H]2CCCO2)C(=O)c2ccc(=O)[nH]c2)c1C. The van der Waals surface area contributed by atoms with Crippen LogP contribution in [0.4, 0.5) is 5.69 Å². The van der Waals surface area contributed by atoms with Gasteiger partial charge in [-0.25, -0.2) is 0 Å². The Bertz CT molecular complexity index is 896. The molecule has 1 aliphatic rings. The molecule has 2 heterocycles. The van der Waals surface area contributed by atoms with Crippen LogP contribution >= 0.6 is 0 Å². The second-order valence-electron chi connectivity index (χ2n) is 7.06. The first kappa shape index (κ1) is 19.8. The summed E-state index contributed by atoms with van der Waals surface area (Å²) in [6.07, 6.45) is 3.09. The molecule has 7 heteroatoms. The number of rotatable bonds is 6. The lowest BCUT2D eigenvalue weighted by Gasteiger charge is -2.25. The molecule has 2 N–H and O–H groups in total. The Morgan fingerprint density at radius 2 is 2.07 bits per heavy atom. The maximum absolute atomic E-state index is 12.9. The molecule has 2 aromatic rings. The lowest BCUT2D eigenvalue weighted by Crippen LogP contribution is -2.42. The number of benzene rings is 1. The summed E-state index contributed by atoms with van der Waals surface area (Å²) in [6, 6.07) is 8.47. The molecule has 1 atom stereocenters. The number of hydrogen-bond acceptors (Lipinski definition) is 4. The van der Waals surface area contributed by atoms with Crippen LogP contribution in [0.15, 0.2) is 41.3 Å². The van der Waals surface area contributed by atoms with E-state index in [0.717, 1.165) is 29.7 Å². The predicted molar refractivity (Wildman–Crippen MR) is 106 cm³/mol. The molecule has 3 rings (SSSR count). The first-order valence-corrected chi connectivity index (χ1v) is 9.39. The molecular weight excluding hydrogens is 358 g/mol. The summed E-state index contributed by atoms with van der Waals surface area (Å²) < 4.78 is 5.64. The van der Waals surface area contributed by atoms with Crippen molar-refractivity contribution in [2.45, 2.75) is 32.8 Å². The zero-order valence-electron chi connectivity index (χ0n) is 16.2. The van der Waals surface area contributed by atoms with Gasteiger partial charge in [-0.05, 0) is 49.9 Å². The molecule has 1 aromatic carbocycles. The minimum atomic E-state index is -0.317. The highest BCUT2D eigenvalue weighted by Gasteiger charge is 2.25. The fraction of sp³-hybridized carbons (Fsp3) is 0.381. The van der Waals surface area contributed by atoms with Crippen molar-refractivity contribution in [1.29, 1.82) is 0 Å². The number of carbonyl (C=O) groups excluding carboxylic acids is 2. The number of nitrogens with one attached hydrogen (secondary N) is 2. The van der Waals surface area contributed by atoms with Crippen molar-refractivity contribution in [3.05, 3.63) is 63.6 Å². The van der Waals surface area contributed by atoms with E-state index >= 15 is 0 Å². The highest BCUT2D eigenvalue weighted by atomic mass is 16.5. The predicted octanol–water partition coefficient (Wildman–Crippen LogP) is 2.25. The van der Waals surface area contributed by atoms with Gasteiger partial charge in [0.2, 0.25) is 11.5 Å². The molecule has 2 amide bonds. The number of hydrogen-bond donors (Lipinski definition) is 2. The minimum absolute atomic E-state index is 0.0831. The Hall–Kier alpha value is -2.93. The topological polar surface area (TPSA) is 91.5 Å². The highest BCUT2D eigenvalue weighted by Crippen LogP contribution is 2.19. The zero-order valence-corrected chi connectivity index (χ0v) is 16.2. The van der Waals surface area contributed by atoms with Crippen LogP contribution in [0.3, 0.4) is 0 Å². The number of aromatic amines is 1. The summed E-state index contributed by atoms with van der Waals surface area (Å²) in [5.41, 5.74) is 2.86. The molecule has 0 bridgehead atoms. The standard InChI is InChI=1S/C21H25N3O4/c1-14-5-3-7-18(15(14)2)23-20(26)13-24(12-17-6-4-10-28-17)21(27)16-8-9-19(25)22-11-16/h3,5,7-9,11,17H,4,6,10,12-13H2,1-2H3,(H,22,25)(H,23,26)/t17-/m1/s1. The van der Waals surface area contributed by atoms with Gasteiger partial charge in [0.15, 0.2) is 0 Å². The Morgan fingerprint density at radius 3 is 2.75 bits per heavy atom. The average Bonchev–Trinajstić information content (AvgIpc) is 3.18. The number of ether oxygens (including phenoxy) is 1. The molecule has 0 saturated carbocycles.